The van der Waals surface area contributed by atoms with E-state index in [-0.39, 0.29) is 13.0 Å². The van der Waals surface area contributed by atoms with Crippen LogP contribution >= 0.6 is 18.6 Å². The van der Waals surface area contributed by atoms with Gasteiger partial charge in [0.25, 0.3) is 0 Å². The summed E-state index contributed by atoms with van der Waals surface area (Å²) in [5.41, 5.74) is 2.69. The van der Waals surface area contributed by atoms with E-state index in [1.54, 1.807) is 5.57 Å². The first-order chi connectivity index (χ1) is 13.7. The van der Waals surface area contributed by atoms with Crippen molar-refractivity contribution < 1.29 is 17.0 Å². The van der Waals surface area contributed by atoms with Gasteiger partial charge in [-0.05, 0) is 50.7 Å². The number of nitrogens with zero attached hydrogens (tertiary/aromatic N) is 2. The molecule has 0 saturated carbocycles. The molecule has 30 heavy (non-hydrogen) atoms. The molecule has 2 unspecified atom stereocenters. The van der Waals surface area contributed by atoms with Gasteiger partial charge < -0.3 is 12.4 Å². The first-order valence-corrected chi connectivity index (χ1v) is 18.9. The van der Waals surface area contributed by atoms with Gasteiger partial charge in [0.2, 0.25) is 0 Å². The predicted molar refractivity (Wildman–Crippen MR) is 138 cm³/mol. The Bertz CT molecular complexity index is 478. The first-order valence-electron chi connectivity index (χ1n) is 11.9. The number of rotatable bonds is 10. The van der Waals surface area contributed by atoms with Crippen molar-refractivity contribution in [2.45, 2.75) is 122 Å². The van der Waals surface area contributed by atoms with Crippen LogP contribution in [0.15, 0.2) is 11.6 Å². The molecule has 0 bridgehead atoms. The first kappa shape index (κ1) is 31.2. The quantitative estimate of drug-likeness (QED) is 0.124. The summed E-state index contributed by atoms with van der Waals surface area (Å²) in [5.74, 6) is 0. The van der Waals surface area contributed by atoms with Crippen molar-refractivity contribution in [2.75, 3.05) is 13.1 Å². The van der Waals surface area contributed by atoms with Crippen LogP contribution in [0.3, 0.4) is 0 Å². The SMILES string of the molecule is CCCCCC1=CC(N2CCCC2)CC1[Si@](C)(CCCC)[N-]C(C)(C)C.[CH3-].[Cl][Ti][Cl]. The average Bonchev–Trinajstić information content (AvgIpc) is 3.29. The number of likely N-dealkylation sites (tertiary alicyclic amines) is 1. The summed E-state index contributed by atoms with van der Waals surface area (Å²) in [6.45, 7) is 16.9. The Labute approximate surface area is 207 Å². The summed E-state index contributed by atoms with van der Waals surface area (Å²) in [4.78, 5) is 8.35. The fourth-order valence-corrected chi connectivity index (χ4v) is 10.3. The molecular formula is C24H48Cl2N2SiTi-2. The zero-order chi connectivity index (χ0) is 21.9. The third kappa shape index (κ3) is 10.9. The molecule has 1 fully saturated rings. The zero-order valence-corrected chi connectivity index (χ0v) is 24.9. The molecule has 1 saturated heterocycles. The van der Waals surface area contributed by atoms with E-state index >= 15 is 0 Å². The topological polar surface area (TPSA) is 17.3 Å². The van der Waals surface area contributed by atoms with Gasteiger partial charge in [-0.1, -0.05) is 92.8 Å². The second-order valence-corrected chi connectivity index (χ2v) is 16.8. The van der Waals surface area contributed by atoms with Crippen molar-refractivity contribution in [3.63, 3.8) is 0 Å². The monoisotopic (exact) mass is 510 g/mol. The van der Waals surface area contributed by atoms with Crippen molar-refractivity contribution in [3.8, 4) is 0 Å². The van der Waals surface area contributed by atoms with Gasteiger partial charge in [-0.2, -0.15) is 0 Å². The second kappa shape index (κ2) is 15.9. The molecule has 0 spiro atoms. The van der Waals surface area contributed by atoms with Gasteiger partial charge in [-0.3, -0.25) is 4.90 Å². The van der Waals surface area contributed by atoms with Crippen LogP contribution in [0.4, 0.5) is 0 Å². The fourth-order valence-electron chi connectivity index (χ4n) is 5.25. The molecule has 1 heterocycles. The van der Waals surface area contributed by atoms with Crippen LogP contribution in [0.25, 0.3) is 4.98 Å². The Morgan fingerprint density at radius 3 is 2.17 bits per heavy atom. The molecular weight excluding hydrogens is 463 g/mol. The Morgan fingerprint density at radius 2 is 1.67 bits per heavy atom. The van der Waals surface area contributed by atoms with Gasteiger partial charge in [-0.25, -0.2) is 0 Å². The summed E-state index contributed by atoms with van der Waals surface area (Å²) in [5, 5.41) is 0. The van der Waals surface area contributed by atoms with Crippen LogP contribution in [0.1, 0.15) is 92.4 Å². The van der Waals surface area contributed by atoms with Gasteiger partial charge in [0.05, 0.1) is 0 Å². The van der Waals surface area contributed by atoms with Crippen LogP contribution in [-0.4, -0.2) is 37.8 Å². The second-order valence-electron chi connectivity index (χ2n) is 10.1. The van der Waals surface area contributed by atoms with E-state index in [1.807, 2.05) is 0 Å². The molecule has 2 nitrogen and oxygen atoms in total. The number of halogens is 2. The number of unbranched alkanes of at least 4 members (excludes halogenated alkanes) is 3. The van der Waals surface area contributed by atoms with E-state index < -0.39 is 25.3 Å². The van der Waals surface area contributed by atoms with E-state index in [9.17, 15) is 0 Å². The third-order valence-corrected chi connectivity index (χ3v) is 11.0. The Morgan fingerprint density at radius 1 is 1.10 bits per heavy atom. The fraction of sp³-hybridized carbons (Fsp3) is 0.875. The van der Waals surface area contributed by atoms with Crippen molar-refractivity contribution in [3.05, 3.63) is 24.1 Å². The van der Waals surface area contributed by atoms with Crippen molar-refractivity contribution in [1.82, 2.24) is 4.90 Å². The van der Waals surface area contributed by atoms with Gasteiger partial charge >= 0.3 is 35.6 Å². The summed E-state index contributed by atoms with van der Waals surface area (Å²) in [6.07, 6.45) is 14.9. The van der Waals surface area contributed by atoms with Gasteiger partial charge in [0, 0.05) is 6.04 Å². The van der Waals surface area contributed by atoms with Crippen LogP contribution in [-0.2, 0) is 17.0 Å². The predicted octanol–water partition coefficient (Wildman–Crippen LogP) is 9.11. The Kier molecular flexibility index (Phi) is 16.5. The average molecular weight is 512 g/mol. The molecule has 0 aromatic rings. The molecule has 3 atom stereocenters. The molecule has 6 heteroatoms. The maximum absolute atomic E-state index is 5.58. The van der Waals surface area contributed by atoms with Crippen molar-refractivity contribution in [2.24, 2.45) is 0 Å². The van der Waals surface area contributed by atoms with Crippen LogP contribution in [0.5, 0.6) is 0 Å². The van der Waals surface area contributed by atoms with Gasteiger partial charge in [0.15, 0.2) is 0 Å². The normalized spacial score (nSPS) is 23.8. The summed E-state index contributed by atoms with van der Waals surface area (Å²) < 4.78 is 0. The van der Waals surface area contributed by atoms with Crippen LogP contribution < -0.4 is 0 Å². The third-order valence-electron chi connectivity index (χ3n) is 6.39. The number of allylic oxidation sites excluding steroid dienone is 1. The van der Waals surface area contributed by atoms with Crippen LogP contribution in [0.2, 0.25) is 18.1 Å². The number of hydrogen-bond donors (Lipinski definition) is 0. The molecule has 0 N–H and O–H groups in total. The van der Waals surface area contributed by atoms with Crippen molar-refractivity contribution >= 4 is 26.8 Å². The van der Waals surface area contributed by atoms with E-state index in [0.29, 0.717) is 6.04 Å². The summed E-state index contributed by atoms with van der Waals surface area (Å²) in [6, 6.07) is 2.09. The zero-order valence-electron chi connectivity index (χ0n) is 20.9. The molecule has 1 aliphatic heterocycles. The minimum atomic E-state index is -1.66. The Balaban J connectivity index is 0.00000198. The van der Waals surface area contributed by atoms with Crippen LogP contribution in [0, 0.1) is 7.43 Å². The van der Waals surface area contributed by atoms with Gasteiger partial charge in [0.1, 0.15) is 0 Å². The van der Waals surface area contributed by atoms with E-state index in [2.05, 4.69) is 52.1 Å². The summed E-state index contributed by atoms with van der Waals surface area (Å²) in [7, 11) is 8.12. The summed E-state index contributed by atoms with van der Waals surface area (Å²) >= 11 is -0.556. The van der Waals surface area contributed by atoms with E-state index in [4.69, 9.17) is 23.6 Å². The maximum atomic E-state index is 5.58. The van der Waals surface area contributed by atoms with Crippen molar-refractivity contribution in [1.29, 1.82) is 0 Å². The standard InChI is InChI=1S/C23H45N2Si.CH3.2ClH.Ti/c1-7-9-11-14-20-18-21(25-15-12-13-16-25)19-22(20)26(6,17-10-8-2)24-23(3,4)5;;;;/h18,21-22H,7-17,19H2,1-6H3;1H3;2*1H;/q2*-1;;;+2/p-2/t21?,22?,26-;;;;/m0..../s1. The molecule has 2 rings (SSSR count). The molecule has 2 aliphatic rings. The molecule has 0 aromatic carbocycles. The number of hydrogen-bond acceptors (Lipinski definition) is 1. The molecule has 0 amide bonds. The van der Waals surface area contributed by atoms with E-state index in [0.717, 1.165) is 5.54 Å². The van der Waals surface area contributed by atoms with Gasteiger partial charge in [-0.15, -0.1) is 5.54 Å². The molecule has 0 aromatic heterocycles. The Hall–Kier alpha value is 1.17. The molecule has 1 aliphatic carbocycles. The van der Waals surface area contributed by atoms with E-state index in [1.165, 1.54) is 76.9 Å². The minimum absolute atomic E-state index is 0. The molecule has 0 radical (unpaired) electrons. The molecule has 178 valence electrons.